The van der Waals surface area contributed by atoms with Crippen molar-refractivity contribution < 1.29 is 13.9 Å². The Labute approximate surface area is 686 Å². The molecule has 4 heterocycles. The minimum atomic E-state index is -0.784. The Balaban J connectivity index is 0.655. The number of hydrogen-bond acceptors (Lipinski definition) is 6. The lowest BCUT2D eigenvalue weighted by molar-refractivity contribution is 0.441. The van der Waals surface area contributed by atoms with E-state index in [4.69, 9.17) is 13.9 Å². The average molecular weight is 1530 g/mol. The number of anilines is 6. The first kappa shape index (κ1) is 66.0. The third-order valence-electron chi connectivity index (χ3n) is 27.6. The molecule has 3 unspecified atom stereocenters. The van der Waals surface area contributed by atoms with Gasteiger partial charge >= 0.3 is 0 Å². The summed E-state index contributed by atoms with van der Waals surface area (Å²) in [6.07, 6.45) is 0.705. The smallest absolute Gasteiger partial charge is 0.159 e. The highest BCUT2D eigenvalue weighted by Gasteiger charge is 2.55. The van der Waals surface area contributed by atoms with E-state index >= 15 is 0 Å². The Hall–Kier alpha value is -14.3. The van der Waals surface area contributed by atoms with Gasteiger partial charge < -0.3 is 23.7 Å². The Morgan fingerprint density at radius 3 is 1.42 bits per heavy atom. The van der Waals surface area contributed by atoms with Crippen molar-refractivity contribution in [1.82, 2.24) is 0 Å². The normalized spacial score (nSPS) is 17.3. The zero-order valence-corrected chi connectivity index (χ0v) is 65.8. The second kappa shape index (κ2) is 23.9. The van der Waals surface area contributed by atoms with Crippen LogP contribution in [0, 0.1) is 0 Å². The molecule has 0 bridgehead atoms. The van der Waals surface area contributed by atoms with E-state index < -0.39 is 16.2 Å². The minimum absolute atomic E-state index is 0.220. The highest BCUT2D eigenvalue weighted by atomic mass is 32.1. The number of thiophene rings is 1. The summed E-state index contributed by atoms with van der Waals surface area (Å²) in [6, 6.07) is 139. The highest BCUT2D eigenvalue weighted by molar-refractivity contribution is 7.26. The maximum Gasteiger partial charge on any atom is 0.159 e. The van der Waals surface area contributed by atoms with Gasteiger partial charge in [-0.2, -0.15) is 0 Å². The van der Waals surface area contributed by atoms with Gasteiger partial charge in [-0.05, 0) is 180 Å². The molecular weight excluding hydrogens is 1450 g/mol. The van der Waals surface area contributed by atoms with Crippen molar-refractivity contribution in [3.8, 4) is 67.5 Å². The summed E-state index contributed by atoms with van der Waals surface area (Å²) in [7, 11) is 0. The largest absolute Gasteiger partial charge is 0.456 e. The third kappa shape index (κ3) is 8.58. The summed E-state index contributed by atoms with van der Waals surface area (Å²) in [6.45, 7) is 7.27. The Kier molecular flexibility index (Phi) is 13.4. The van der Waals surface area contributed by atoms with Crippen LogP contribution < -0.4 is 19.3 Å². The van der Waals surface area contributed by atoms with Crippen LogP contribution in [0.3, 0.4) is 0 Å². The molecule has 0 fully saturated rings. The molecule has 118 heavy (non-hydrogen) atoms. The van der Waals surface area contributed by atoms with Crippen LogP contribution in [0.5, 0.6) is 23.0 Å². The van der Waals surface area contributed by atoms with Crippen molar-refractivity contribution in [2.24, 2.45) is 0 Å². The SMILES string of the molecule is CC1(C)c2ccccc2-c2ccc(N(c3cccc4c3-c3ccccc3C43c4ccccc4Oc4c3ccc3ccc(CC5(C)c6ccccc6-c6ccc(N(c7cccc8c7-c7ccccc7C87c8ccccc8Oc8c7ccc7ccccc87)c7cccc8c7oc7ccccc78)cc65)cc43)c3cccc4c3sc3ccccc34)cc21. The van der Waals surface area contributed by atoms with Gasteiger partial charge in [-0.1, -0.05) is 312 Å². The molecule has 6 aliphatic rings. The van der Waals surface area contributed by atoms with Gasteiger partial charge in [0.15, 0.2) is 5.58 Å². The van der Waals surface area contributed by atoms with Crippen LogP contribution in [0.2, 0.25) is 0 Å². The van der Waals surface area contributed by atoms with Crippen molar-refractivity contribution in [3.05, 3.63) is 442 Å². The maximum atomic E-state index is 7.64. The summed E-state index contributed by atoms with van der Waals surface area (Å²) in [5.74, 6) is 3.49. The fraction of sp³-hybridized carbons (Fsp3) is 0.0714. The number of furan rings is 1. The van der Waals surface area contributed by atoms with E-state index in [-0.39, 0.29) is 5.41 Å². The first-order chi connectivity index (χ1) is 58.1. The zero-order chi connectivity index (χ0) is 77.6. The molecule has 2 aliphatic heterocycles. The second-order valence-corrected chi connectivity index (χ2v) is 34.8. The monoisotopic (exact) mass is 1520 g/mol. The topological polar surface area (TPSA) is 38.1 Å². The predicted molar refractivity (Wildman–Crippen MR) is 485 cm³/mol. The van der Waals surface area contributed by atoms with Gasteiger partial charge in [-0.3, -0.25) is 0 Å². The number of nitrogens with zero attached hydrogens (tertiary/aromatic N) is 2. The molecule has 6 heteroatoms. The summed E-state index contributed by atoms with van der Waals surface area (Å²) in [5, 5.41) is 9.11. The van der Waals surface area contributed by atoms with Crippen LogP contribution in [0.15, 0.2) is 374 Å². The quantitative estimate of drug-likeness (QED) is 0.152. The van der Waals surface area contributed by atoms with Crippen LogP contribution in [0.1, 0.15) is 93.1 Å². The minimum Gasteiger partial charge on any atom is -0.456 e. The molecule has 3 atom stereocenters. The molecule has 554 valence electrons. The van der Waals surface area contributed by atoms with E-state index in [2.05, 4.69) is 401 Å². The van der Waals surface area contributed by atoms with Gasteiger partial charge in [0.1, 0.15) is 28.6 Å². The van der Waals surface area contributed by atoms with E-state index in [1.54, 1.807) is 0 Å². The molecule has 0 saturated carbocycles. The molecule has 18 aromatic carbocycles. The summed E-state index contributed by atoms with van der Waals surface area (Å²) >= 11 is 1.88. The number of hydrogen-bond donors (Lipinski definition) is 0. The number of fused-ring (bicyclic) bond motifs is 34. The summed E-state index contributed by atoms with van der Waals surface area (Å²) in [5.41, 5.74) is 31.6. The lowest BCUT2D eigenvalue weighted by Gasteiger charge is -2.40. The Morgan fingerprint density at radius 1 is 0.288 bits per heavy atom. The predicted octanol–water partition coefficient (Wildman–Crippen LogP) is 30.0. The number of para-hydroxylation sites is 4. The molecule has 2 spiro atoms. The molecule has 0 N–H and O–H groups in total. The fourth-order valence-corrected chi connectivity index (χ4v) is 23.9. The van der Waals surface area contributed by atoms with Crippen LogP contribution in [0.25, 0.3) is 108 Å². The van der Waals surface area contributed by atoms with Crippen molar-refractivity contribution >= 4 is 109 Å². The van der Waals surface area contributed by atoms with Crippen LogP contribution >= 0.6 is 11.3 Å². The molecule has 20 aromatic rings. The lowest BCUT2D eigenvalue weighted by Crippen LogP contribution is -2.32. The van der Waals surface area contributed by atoms with Crippen LogP contribution in [-0.4, -0.2) is 0 Å². The van der Waals surface area contributed by atoms with E-state index in [0.29, 0.717) is 6.42 Å². The molecule has 0 amide bonds. The highest BCUT2D eigenvalue weighted by Crippen LogP contribution is 2.69. The number of benzene rings is 18. The van der Waals surface area contributed by atoms with Gasteiger partial charge in [0, 0.05) is 92.6 Å². The number of ether oxygens (including phenoxy) is 2. The van der Waals surface area contributed by atoms with E-state index in [1.807, 2.05) is 11.3 Å². The standard InChI is InChI=1S/C112H72N2O3S/c1-109(2)83-36-12-6-28-72(83)74-58-56-69(63-93(74)109)114(98-47-23-35-79-77-31-11-21-51-102(77)118-108(79)98)96-45-25-43-90-104(96)81-33-9-15-39-86(81)112(90)88-41-17-20-50-101(88)117-106-82-62-66(52-53-68(82)55-61-92(106)112)65-110(3)84-37-13-7-29-73(84)75-59-57-70(64-94(75)110)113(97-46-22-34-78-76-30-10-18-48-99(76)115-107(78)97)95-44-24-42-89-103(95)80-32-8-14-38-85(80)111(89)87-40-16-19-49-100(87)116-105-71-27-5-4-26-67(71)54-60-91(105)111/h4-64H,65H2,1-3H3. The third-order valence-corrected chi connectivity index (χ3v) is 28.8. The molecular formula is C112H72N2O3S. The van der Waals surface area contributed by atoms with Gasteiger partial charge in [0.2, 0.25) is 0 Å². The van der Waals surface area contributed by atoms with E-state index in [0.717, 1.165) is 123 Å². The van der Waals surface area contributed by atoms with Crippen molar-refractivity contribution in [2.45, 2.75) is 48.9 Å². The van der Waals surface area contributed by atoms with Gasteiger partial charge in [0.25, 0.3) is 0 Å². The maximum absolute atomic E-state index is 7.64. The average Bonchev–Trinajstić information content (AvgIpc) is 1.49. The van der Waals surface area contributed by atoms with Gasteiger partial charge in [0.05, 0.1) is 38.3 Å². The second-order valence-electron chi connectivity index (χ2n) is 33.7. The van der Waals surface area contributed by atoms with Crippen molar-refractivity contribution in [1.29, 1.82) is 0 Å². The molecule has 5 nitrogen and oxygen atoms in total. The Morgan fingerprint density at radius 2 is 0.746 bits per heavy atom. The molecule has 0 radical (unpaired) electrons. The van der Waals surface area contributed by atoms with Crippen LogP contribution in [0.4, 0.5) is 34.1 Å². The van der Waals surface area contributed by atoms with Crippen molar-refractivity contribution in [3.63, 3.8) is 0 Å². The summed E-state index contributed by atoms with van der Waals surface area (Å²) < 4.78 is 24.5. The molecule has 2 aromatic heterocycles. The first-order valence-electron chi connectivity index (χ1n) is 41.1. The zero-order valence-electron chi connectivity index (χ0n) is 65.0. The van der Waals surface area contributed by atoms with Gasteiger partial charge in [-0.25, -0.2) is 0 Å². The molecule has 26 rings (SSSR count). The lowest BCUT2D eigenvalue weighted by atomic mass is 9.65. The van der Waals surface area contributed by atoms with E-state index in [9.17, 15) is 0 Å². The summed E-state index contributed by atoms with van der Waals surface area (Å²) in [4.78, 5) is 5.11. The van der Waals surface area contributed by atoms with Gasteiger partial charge in [-0.15, -0.1) is 11.3 Å². The van der Waals surface area contributed by atoms with Crippen LogP contribution in [-0.2, 0) is 28.1 Å². The molecule has 4 aliphatic carbocycles. The van der Waals surface area contributed by atoms with E-state index in [1.165, 1.54) is 115 Å². The first-order valence-corrected chi connectivity index (χ1v) is 42.0. The Bertz CT molecular complexity index is 7850. The fourth-order valence-electron chi connectivity index (χ4n) is 22.7. The van der Waals surface area contributed by atoms with Crippen molar-refractivity contribution in [2.75, 3.05) is 9.80 Å². The molecule has 0 saturated heterocycles. The number of rotatable bonds is 8.